The lowest BCUT2D eigenvalue weighted by molar-refractivity contribution is -0.191. The Morgan fingerprint density at radius 1 is 0.708 bits per heavy atom. The average Bonchev–Trinajstić information content (AvgIpc) is 2.57. The van der Waals surface area contributed by atoms with Gasteiger partial charge in [0, 0.05) is 6.61 Å². The van der Waals surface area contributed by atoms with Gasteiger partial charge < -0.3 is 9.84 Å². The molecule has 0 bridgehead atoms. The van der Waals surface area contributed by atoms with Crippen molar-refractivity contribution in [2.75, 3.05) is 6.61 Å². The van der Waals surface area contributed by atoms with Crippen LogP contribution >= 0.6 is 0 Å². The van der Waals surface area contributed by atoms with Crippen molar-refractivity contribution in [1.29, 1.82) is 0 Å². The van der Waals surface area contributed by atoms with Gasteiger partial charge in [0.1, 0.15) is 0 Å². The van der Waals surface area contributed by atoms with Crippen molar-refractivity contribution in [1.82, 2.24) is 0 Å². The Labute approximate surface area is 152 Å². The second-order valence-electron chi connectivity index (χ2n) is 7.31. The van der Waals surface area contributed by atoms with Gasteiger partial charge in [-0.1, -0.05) is 83.8 Å². The summed E-state index contributed by atoms with van der Waals surface area (Å²) < 4.78 is 5.44. The third-order valence-electron chi connectivity index (χ3n) is 4.73. The van der Waals surface area contributed by atoms with E-state index in [-0.39, 0.29) is 0 Å². The van der Waals surface area contributed by atoms with Crippen molar-refractivity contribution >= 4 is 0 Å². The van der Waals surface area contributed by atoms with E-state index in [1.165, 1.54) is 83.5 Å². The van der Waals surface area contributed by atoms with Gasteiger partial charge in [0.25, 0.3) is 0 Å². The lowest BCUT2D eigenvalue weighted by Gasteiger charge is -2.21. The summed E-state index contributed by atoms with van der Waals surface area (Å²) in [5.74, 6) is -0.929. The summed E-state index contributed by atoms with van der Waals surface area (Å²) in [4.78, 5) is 0. The van der Waals surface area contributed by atoms with Crippen LogP contribution in [0.25, 0.3) is 0 Å². The van der Waals surface area contributed by atoms with Crippen LogP contribution in [-0.2, 0) is 4.74 Å². The fraction of sp³-hybridized carbons (Fsp3) is 0.909. The highest BCUT2D eigenvalue weighted by atomic mass is 16.6. The first-order valence-electron chi connectivity index (χ1n) is 10.6. The first-order valence-corrected chi connectivity index (χ1v) is 10.6. The predicted molar refractivity (Wildman–Crippen MR) is 106 cm³/mol. The van der Waals surface area contributed by atoms with E-state index in [9.17, 15) is 5.11 Å². The molecule has 1 N–H and O–H groups in total. The van der Waals surface area contributed by atoms with Crippen molar-refractivity contribution in [3.8, 4) is 0 Å². The van der Waals surface area contributed by atoms with Crippen LogP contribution in [-0.4, -0.2) is 17.5 Å². The van der Waals surface area contributed by atoms with Crippen molar-refractivity contribution in [3.05, 3.63) is 12.2 Å². The molecule has 0 saturated carbocycles. The lowest BCUT2D eigenvalue weighted by Crippen LogP contribution is -2.27. The molecule has 0 aromatic carbocycles. The van der Waals surface area contributed by atoms with Crippen LogP contribution in [0.4, 0.5) is 0 Å². The van der Waals surface area contributed by atoms with Gasteiger partial charge in [-0.3, -0.25) is 0 Å². The third-order valence-corrected chi connectivity index (χ3v) is 4.73. The molecular formula is C22H44O2. The van der Waals surface area contributed by atoms with Gasteiger partial charge in [-0.25, -0.2) is 0 Å². The zero-order valence-corrected chi connectivity index (χ0v) is 16.8. The Kier molecular flexibility index (Phi) is 17.2. The van der Waals surface area contributed by atoms with Crippen LogP contribution in [0, 0.1) is 0 Å². The molecule has 0 rings (SSSR count). The molecule has 1 atom stereocenters. The second kappa shape index (κ2) is 17.5. The van der Waals surface area contributed by atoms with Gasteiger partial charge in [0.2, 0.25) is 0 Å². The number of hydrogen-bond acceptors (Lipinski definition) is 2. The third kappa shape index (κ3) is 18.0. The molecule has 0 amide bonds. The smallest absolute Gasteiger partial charge is 0.162 e. The summed E-state index contributed by atoms with van der Waals surface area (Å²) in [5, 5.41) is 9.72. The van der Waals surface area contributed by atoms with E-state index in [4.69, 9.17) is 4.74 Å². The summed E-state index contributed by atoms with van der Waals surface area (Å²) in [6.45, 7) is 6.65. The number of ether oxygens (including phenoxy) is 1. The number of hydrogen-bond donors (Lipinski definition) is 1. The zero-order chi connectivity index (χ0) is 17.9. The van der Waals surface area contributed by atoms with Gasteiger partial charge in [0.15, 0.2) is 5.79 Å². The highest BCUT2D eigenvalue weighted by Gasteiger charge is 2.16. The molecule has 0 heterocycles. The summed E-state index contributed by atoms with van der Waals surface area (Å²) in [6.07, 6.45) is 23.9. The summed E-state index contributed by atoms with van der Waals surface area (Å²) >= 11 is 0. The minimum absolute atomic E-state index is 0.652. The van der Waals surface area contributed by atoms with E-state index in [0.29, 0.717) is 13.0 Å². The largest absolute Gasteiger partial charge is 0.366 e. The van der Waals surface area contributed by atoms with E-state index in [1.54, 1.807) is 6.92 Å². The van der Waals surface area contributed by atoms with E-state index in [0.717, 1.165) is 6.42 Å². The molecule has 144 valence electrons. The second-order valence-corrected chi connectivity index (χ2v) is 7.31. The fourth-order valence-corrected chi connectivity index (χ4v) is 2.74. The Morgan fingerprint density at radius 3 is 1.67 bits per heavy atom. The van der Waals surface area contributed by atoms with Crippen LogP contribution < -0.4 is 0 Å². The first-order chi connectivity index (χ1) is 11.6. The zero-order valence-electron chi connectivity index (χ0n) is 16.8. The topological polar surface area (TPSA) is 29.5 Å². The summed E-state index contributed by atoms with van der Waals surface area (Å²) in [7, 11) is 0. The fourth-order valence-electron chi connectivity index (χ4n) is 2.74. The van der Waals surface area contributed by atoms with E-state index >= 15 is 0 Å². The van der Waals surface area contributed by atoms with Crippen LogP contribution in [0.2, 0.25) is 0 Å². The van der Waals surface area contributed by atoms with Gasteiger partial charge in [0.05, 0.1) is 0 Å². The van der Waals surface area contributed by atoms with Crippen molar-refractivity contribution in [3.63, 3.8) is 0 Å². The van der Waals surface area contributed by atoms with E-state index < -0.39 is 5.79 Å². The predicted octanol–water partition coefficient (Wildman–Crippen LogP) is 7.16. The molecule has 0 aliphatic rings. The molecule has 0 aliphatic heterocycles. The maximum absolute atomic E-state index is 9.72. The Bertz CT molecular complexity index is 271. The monoisotopic (exact) mass is 340 g/mol. The van der Waals surface area contributed by atoms with Crippen molar-refractivity contribution in [2.24, 2.45) is 0 Å². The minimum atomic E-state index is -0.929. The van der Waals surface area contributed by atoms with Crippen molar-refractivity contribution < 1.29 is 9.84 Å². The van der Waals surface area contributed by atoms with Gasteiger partial charge in [-0.2, -0.15) is 0 Å². The average molecular weight is 341 g/mol. The van der Waals surface area contributed by atoms with Crippen LogP contribution in [0.15, 0.2) is 12.2 Å². The quantitative estimate of drug-likeness (QED) is 0.163. The molecule has 0 spiro atoms. The number of allylic oxidation sites excluding steroid dienone is 2. The molecule has 0 aliphatic carbocycles. The lowest BCUT2D eigenvalue weighted by atomic mass is 10.1. The molecule has 0 aromatic heterocycles. The summed E-state index contributed by atoms with van der Waals surface area (Å²) in [5.41, 5.74) is 0. The SMILES string of the molecule is CCCCCCCC/C=C/CCCCCCCCOC(C)(O)CC. The Balaban J connectivity index is 3.15. The molecule has 0 radical (unpaired) electrons. The molecule has 2 nitrogen and oxygen atoms in total. The van der Waals surface area contributed by atoms with E-state index in [2.05, 4.69) is 19.1 Å². The Hall–Kier alpha value is -0.340. The van der Waals surface area contributed by atoms with Crippen LogP contribution in [0.1, 0.15) is 117 Å². The van der Waals surface area contributed by atoms with Crippen LogP contribution in [0.5, 0.6) is 0 Å². The highest BCUT2D eigenvalue weighted by molar-refractivity contribution is 4.81. The molecule has 0 fully saturated rings. The van der Waals surface area contributed by atoms with Gasteiger partial charge in [-0.15, -0.1) is 0 Å². The van der Waals surface area contributed by atoms with Gasteiger partial charge in [-0.05, 0) is 45.4 Å². The first kappa shape index (κ1) is 23.7. The van der Waals surface area contributed by atoms with Crippen molar-refractivity contribution in [2.45, 2.75) is 123 Å². The standard InChI is InChI=1S/C22H44O2/c1-4-6-7-8-9-10-11-12-13-14-15-16-17-18-19-20-21-24-22(3,23)5-2/h12-13,23H,4-11,14-21H2,1-3H3/b13-12+. The molecule has 1 unspecified atom stereocenters. The highest BCUT2D eigenvalue weighted by Crippen LogP contribution is 2.13. The molecule has 2 heteroatoms. The molecule has 0 aromatic rings. The normalized spacial score (nSPS) is 14.3. The molecular weight excluding hydrogens is 296 g/mol. The Morgan fingerprint density at radius 2 is 1.17 bits per heavy atom. The molecule has 0 saturated heterocycles. The maximum atomic E-state index is 9.72. The number of unbranched alkanes of at least 4 members (excludes halogenated alkanes) is 12. The van der Waals surface area contributed by atoms with E-state index in [1.807, 2.05) is 6.92 Å². The summed E-state index contributed by atoms with van der Waals surface area (Å²) in [6, 6.07) is 0. The molecule has 24 heavy (non-hydrogen) atoms. The number of aliphatic hydroxyl groups is 1. The van der Waals surface area contributed by atoms with Crippen LogP contribution in [0.3, 0.4) is 0 Å². The number of rotatable bonds is 18. The maximum Gasteiger partial charge on any atom is 0.162 e. The van der Waals surface area contributed by atoms with Gasteiger partial charge >= 0.3 is 0 Å². The minimum Gasteiger partial charge on any atom is -0.366 e.